The Bertz CT molecular complexity index is 1990. The molecule has 5 aliphatic rings. The number of piperazine rings is 1. The van der Waals surface area contributed by atoms with Crippen molar-refractivity contribution in [3.05, 3.63) is 47.3 Å². The molecule has 0 saturated carbocycles. The minimum Gasteiger partial charge on any atom is -0.475 e. The number of halogens is 4. The predicted octanol–water partition coefficient (Wildman–Crippen LogP) is 4.90. The fourth-order valence-corrected chi connectivity index (χ4v) is 8.54. The van der Waals surface area contributed by atoms with Gasteiger partial charge in [-0.25, -0.2) is 22.5 Å². The number of aromatic nitrogens is 3. The SMILES string of the molecule is C#Cc1c(F)c(F)cc2cccc(-c3nc4c5c(nc(OC[C@@]67CCCN6C[C@H](F)C7)nc5c3F)N3C[C@H]5CC[C@H](N5)[C@H]3CO4)c12. The zero-order chi connectivity index (χ0) is 31.3. The van der Waals surface area contributed by atoms with E-state index in [1.807, 2.05) is 0 Å². The van der Waals surface area contributed by atoms with E-state index in [0.717, 1.165) is 38.3 Å². The summed E-state index contributed by atoms with van der Waals surface area (Å²) >= 11 is 0. The summed E-state index contributed by atoms with van der Waals surface area (Å²) in [5, 5.41) is 4.43. The predicted molar refractivity (Wildman–Crippen MR) is 163 cm³/mol. The minimum absolute atomic E-state index is 0.0186. The number of hydrogen-bond acceptors (Lipinski definition) is 8. The fraction of sp³-hybridized carbons (Fsp3) is 0.441. The summed E-state index contributed by atoms with van der Waals surface area (Å²) < 4.78 is 73.4. The van der Waals surface area contributed by atoms with E-state index in [2.05, 4.69) is 31.0 Å². The fourth-order valence-electron chi connectivity index (χ4n) is 8.54. The van der Waals surface area contributed by atoms with Gasteiger partial charge in [-0.2, -0.15) is 9.97 Å². The first-order chi connectivity index (χ1) is 22.3. The summed E-state index contributed by atoms with van der Waals surface area (Å²) in [6.07, 6.45) is 8.80. The van der Waals surface area contributed by atoms with Crippen LogP contribution in [-0.2, 0) is 0 Å². The van der Waals surface area contributed by atoms with Crippen molar-refractivity contribution >= 4 is 27.5 Å². The van der Waals surface area contributed by atoms with E-state index in [1.54, 1.807) is 18.2 Å². The van der Waals surface area contributed by atoms with Crippen LogP contribution in [0.4, 0.5) is 23.4 Å². The van der Waals surface area contributed by atoms with E-state index < -0.39 is 29.2 Å². The van der Waals surface area contributed by atoms with E-state index in [4.69, 9.17) is 20.9 Å². The number of fused-ring (bicyclic) bond motifs is 7. The second kappa shape index (κ2) is 10.1. The largest absolute Gasteiger partial charge is 0.475 e. The molecule has 0 amide bonds. The van der Waals surface area contributed by atoms with Crippen LogP contribution in [0.15, 0.2) is 24.3 Å². The van der Waals surface area contributed by atoms with E-state index in [-0.39, 0.29) is 71.0 Å². The lowest BCUT2D eigenvalue weighted by Crippen LogP contribution is -2.60. The Balaban J connectivity index is 1.24. The summed E-state index contributed by atoms with van der Waals surface area (Å²) in [4.78, 5) is 18.4. The first-order valence-electron chi connectivity index (χ1n) is 15.8. The smallest absolute Gasteiger partial charge is 0.319 e. The number of nitrogens with one attached hydrogen (secondary N) is 1. The lowest BCUT2D eigenvalue weighted by Gasteiger charge is -2.40. The van der Waals surface area contributed by atoms with Gasteiger partial charge >= 0.3 is 6.01 Å². The first-order valence-corrected chi connectivity index (χ1v) is 15.8. The molecule has 5 aliphatic heterocycles. The van der Waals surface area contributed by atoms with Gasteiger partial charge in [0.1, 0.15) is 41.8 Å². The summed E-state index contributed by atoms with van der Waals surface area (Å²) in [5.41, 5.74) is -0.832. The third kappa shape index (κ3) is 4.04. The molecule has 2 aromatic heterocycles. The second-order valence-electron chi connectivity index (χ2n) is 13.2. The molecule has 9 rings (SSSR count). The van der Waals surface area contributed by atoms with Crippen molar-refractivity contribution in [1.29, 1.82) is 0 Å². The van der Waals surface area contributed by atoms with E-state index in [0.29, 0.717) is 36.1 Å². The maximum atomic E-state index is 17.0. The summed E-state index contributed by atoms with van der Waals surface area (Å²) in [7, 11) is 0. The van der Waals surface area contributed by atoms with Crippen molar-refractivity contribution in [2.24, 2.45) is 0 Å². The second-order valence-corrected chi connectivity index (χ2v) is 13.2. The van der Waals surface area contributed by atoms with E-state index in [1.165, 1.54) is 0 Å². The van der Waals surface area contributed by atoms with Crippen molar-refractivity contribution in [3.63, 3.8) is 0 Å². The number of anilines is 1. The summed E-state index contributed by atoms with van der Waals surface area (Å²) in [5.74, 6) is -0.236. The highest BCUT2D eigenvalue weighted by Crippen LogP contribution is 2.45. The maximum absolute atomic E-state index is 17.0. The number of pyridine rings is 1. The van der Waals surface area contributed by atoms with Crippen LogP contribution >= 0.6 is 0 Å². The molecule has 4 aromatic rings. The van der Waals surface area contributed by atoms with Crippen LogP contribution in [0, 0.1) is 29.8 Å². The maximum Gasteiger partial charge on any atom is 0.319 e. The molecule has 0 unspecified atom stereocenters. The van der Waals surface area contributed by atoms with Crippen LogP contribution in [0.2, 0.25) is 0 Å². The van der Waals surface area contributed by atoms with Crippen LogP contribution in [0.1, 0.15) is 37.7 Å². The normalized spacial score (nSPS) is 28.2. The molecular weight excluding hydrogens is 600 g/mol. The summed E-state index contributed by atoms with van der Waals surface area (Å²) in [6, 6.07) is 6.05. The van der Waals surface area contributed by atoms with Crippen molar-refractivity contribution in [3.8, 4) is 35.5 Å². The highest BCUT2D eigenvalue weighted by atomic mass is 19.2. The molecule has 0 radical (unpaired) electrons. The number of nitrogens with zero attached hydrogens (tertiary/aromatic N) is 5. The average Bonchev–Trinajstić information content (AvgIpc) is 3.68. The number of terminal acetylenes is 1. The number of rotatable bonds is 4. The molecule has 7 heterocycles. The molecule has 12 heteroatoms. The van der Waals surface area contributed by atoms with E-state index >= 15 is 4.39 Å². The third-order valence-electron chi connectivity index (χ3n) is 10.6. The minimum atomic E-state index is -1.19. The van der Waals surface area contributed by atoms with Gasteiger partial charge in [0, 0.05) is 42.5 Å². The number of alkyl halides is 1. The van der Waals surface area contributed by atoms with Crippen LogP contribution < -0.4 is 19.7 Å². The van der Waals surface area contributed by atoms with Gasteiger partial charge in [-0.1, -0.05) is 24.1 Å². The molecule has 2 bridgehead atoms. The van der Waals surface area contributed by atoms with Gasteiger partial charge in [-0.15, -0.1) is 6.42 Å². The van der Waals surface area contributed by atoms with Crippen LogP contribution in [-0.4, -0.2) is 82.5 Å². The van der Waals surface area contributed by atoms with Crippen molar-refractivity contribution < 1.29 is 27.0 Å². The van der Waals surface area contributed by atoms with Gasteiger partial charge in [0.25, 0.3) is 0 Å². The van der Waals surface area contributed by atoms with Crippen LogP contribution in [0.3, 0.4) is 0 Å². The topological polar surface area (TPSA) is 75.6 Å². The average molecular weight is 631 g/mol. The molecule has 46 heavy (non-hydrogen) atoms. The van der Waals surface area contributed by atoms with Crippen molar-refractivity contribution in [2.45, 2.75) is 61.9 Å². The Labute approximate surface area is 262 Å². The first kappa shape index (κ1) is 28.0. The lowest BCUT2D eigenvalue weighted by molar-refractivity contribution is 0.107. The lowest BCUT2D eigenvalue weighted by atomic mass is 9.95. The Kier molecular flexibility index (Phi) is 6.19. The Hall–Kier alpha value is -4.21. The van der Waals surface area contributed by atoms with Gasteiger partial charge in [0.15, 0.2) is 17.5 Å². The highest BCUT2D eigenvalue weighted by molar-refractivity contribution is 6.03. The van der Waals surface area contributed by atoms with Gasteiger partial charge < -0.3 is 19.7 Å². The van der Waals surface area contributed by atoms with Crippen LogP contribution in [0.25, 0.3) is 32.9 Å². The molecule has 5 atom stereocenters. The zero-order valence-corrected chi connectivity index (χ0v) is 24.8. The van der Waals surface area contributed by atoms with Gasteiger partial charge in [0.05, 0.1) is 17.1 Å². The Morgan fingerprint density at radius 3 is 2.87 bits per heavy atom. The molecule has 236 valence electrons. The van der Waals surface area contributed by atoms with Crippen molar-refractivity contribution in [1.82, 2.24) is 25.2 Å². The molecule has 8 nitrogen and oxygen atoms in total. The number of benzene rings is 2. The standard InChI is InChI=1S/C34H30F4N6O2/c1-2-20-25-17(11-22(36)27(20)37)5-3-6-21(25)29-28(38)30-26-31(44-14-19-7-8-23(39-19)24(44)15-45-32(26)40-29)42-33(41-30)46-16-34-9-4-10-43(34)13-18(35)12-34/h1,3,5-6,11,18-19,23-24,39H,4,7-10,12-16H2/t18-,19-,23+,24-,34+/m1/s1. The van der Waals surface area contributed by atoms with Gasteiger partial charge in [0.2, 0.25) is 5.88 Å². The molecular formula is C34H30F4N6O2. The molecule has 0 aliphatic carbocycles. The monoisotopic (exact) mass is 630 g/mol. The van der Waals surface area contributed by atoms with Crippen LogP contribution in [0.5, 0.6) is 11.9 Å². The highest BCUT2D eigenvalue weighted by Gasteiger charge is 2.50. The molecule has 0 spiro atoms. The van der Waals surface area contributed by atoms with Gasteiger partial charge in [-0.3, -0.25) is 4.90 Å². The Morgan fingerprint density at radius 2 is 2.00 bits per heavy atom. The number of ether oxygens (including phenoxy) is 2. The Morgan fingerprint density at radius 1 is 1.11 bits per heavy atom. The third-order valence-corrected chi connectivity index (χ3v) is 10.6. The summed E-state index contributed by atoms with van der Waals surface area (Å²) in [6.45, 7) is 2.26. The quantitative estimate of drug-likeness (QED) is 0.252. The number of hydrogen-bond donors (Lipinski definition) is 1. The van der Waals surface area contributed by atoms with Gasteiger partial charge in [-0.05, 0) is 43.7 Å². The zero-order valence-electron chi connectivity index (χ0n) is 24.8. The molecule has 1 N–H and O–H groups in total. The molecule has 2 aromatic carbocycles. The van der Waals surface area contributed by atoms with Crippen molar-refractivity contribution in [2.75, 3.05) is 37.7 Å². The molecule has 4 fully saturated rings. The van der Waals surface area contributed by atoms with E-state index in [9.17, 15) is 13.2 Å². The molecule has 4 saturated heterocycles.